The number of aromatic amines is 1. The number of halogens is 1. The molecule has 0 fully saturated rings. The van der Waals surface area contributed by atoms with Gasteiger partial charge in [-0.25, -0.2) is 4.39 Å². The summed E-state index contributed by atoms with van der Waals surface area (Å²) in [6.45, 7) is 0. The number of H-pyrrole nitrogens is 1. The molecule has 0 amide bonds. The van der Waals surface area contributed by atoms with E-state index in [2.05, 4.69) is 4.98 Å². The molecule has 1 aromatic heterocycles. The van der Waals surface area contributed by atoms with Gasteiger partial charge in [0.05, 0.1) is 5.52 Å². The van der Waals surface area contributed by atoms with Crippen molar-refractivity contribution in [2.75, 3.05) is 0 Å². The number of carbonyl (C=O) groups is 1. The zero-order valence-corrected chi connectivity index (χ0v) is 6.17. The molecule has 0 unspecified atom stereocenters. The quantitative estimate of drug-likeness (QED) is 0.641. The standard InChI is InChI=1S/C9H6FNO/c10-8-2-1-6(5-12)7-3-4-11-9(7)8/h1-5,11H. The van der Waals surface area contributed by atoms with Gasteiger partial charge in [0.2, 0.25) is 0 Å². The average molecular weight is 163 g/mol. The molecule has 1 aromatic carbocycles. The Morgan fingerprint density at radius 1 is 1.33 bits per heavy atom. The van der Waals surface area contributed by atoms with Crippen LogP contribution in [0.15, 0.2) is 24.4 Å². The molecule has 0 atom stereocenters. The zero-order chi connectivity index (χ0) is 8.55. The molecule has 0 bridgehead atoms. The molecule has 2 rings (SSSR count). The highest BCUT2D eigenvalue weighted by Gasteiger charge is 2.04. The first kappa shape index (κ1) is 7.03. The normalized spacial score (nSPS) is 10.4. The number of benzene rings is 1. The fourth-order valence-electron chi connectivity index (χ4n) is 1.25. The molecule has 60 valence electrons. The minimum absolute atomic E-state index is 0.333. The maximum Gasteiger partial charge on any atom is 0.150 e. The fourth-order valence-corrected chi connectivity index (χ4v) is 1.25. The molecule has 12 heavy (non-hydrogen) atoms. The van der Waals surface area contributed by atoms with Gasteiger partial charge in [0.25, 0.3) is 0 Å². The van der Waals surface area contributed by atoms with Crippen molar-refractivity contribution < 1.29 is 9.18 Å². The van der Waals surface area contributed by atoms with Gasteiger partial charge < -0.3 is 4.98 Å². The van der Waals surface area contributed by atoms with Gasteiger partial charge in [0, 0.05) is 17.1 Å². The lowest BCUT2D eigenvalue weighted by Crippen LogP contribution is -1.83. The molecule has 0 saturated carbocycles. The van der Waals surface area contributed by atoms with Gasteiger partial charge in [0.15, 0.2) is 6.29 Å². The Hall–Kier alpha value is -1.64. The van der Waals surface area contributed by atoms with Crippen LogP contribution >= 0.6 is 0 Å². The van der Waals surface area contributed by atoms with E-state index in [1.807, 2.05) is 0 Å². The smallest absolute Gasteiger partial charge is 0.150 e. The summed E-state index contributed by atoms with van der Waals surface area (Å²) in [5.74, 6) is -0.333. The van der Waals surface area contributed by atoms with Crippen molar-refractivity contribution in [3.8, 4) is 0 Å². The number of aldehydes is 1. The topological polar surface area (TPSA) is 32.9 Å². The number of hydrogen-bond donors (Lipinski definition) is 1. The molecule has 1 heterocycles. The lowest BCUT2D eigenvalue weighted by Gasteiger charge is -1.94. The van der Waals surface area contributed by atoms with E-state index in [4.69, 9.17) is 0 Å². The third-order valence-electron chi connectivity index (χ3n) is 1.83. The van der Waals surface area contributed by atoms with E-state index in [0.29, 0.717) is 16.5 Å². The number of carbonyl (C=O) groups excluding carboxylic acids is 1. The van der Waals surface area contributed by atoms with Gasteiger partial charge in [-0.15, -0.1) is 0 Å². The Labute approximate surface area is 68.0 Å². The third kappa shape index (κ3) is 0.830. The van der Waals surface area contributed by atoms with Gasteiger partial charge in [-0.3, -0.25) is 4.79 Å². The Kier molecular flexibility index (Phi) is 1.43. The molecule has 3 heteroatoms. The highest BCUT2D eigenvalue weighted by atomic mass is 19.1. The minimum atomic E-state index is -0.333. The molecule has 2 aromatic rings. The fraction of sp³-hybridized carbons (Fsp3) is 0. The lowest BCUT2D eigenvalue weighted by molar-refractivity contribution is 0.112. The number of fused-ring (bicyclic) bond motifs is 1. The van der Waals surface area contributed by atoms with Crippen LogP contribution in [0.5, 0.6) is 0 Å². The van der Waals surface area contributed by atoms with Crippen LogP contribution in [0, 0.1) is 5.82 Å². The number of rotatable bonds is 1. The van der Waals surface area contributed by atoms with Crippen molar-refractivity contribution in [2.24, 2.45) is 0 Å². The summed E-state index contributed by atoms with van der Waals surface area (Å²) in [7, 11) is 0. The van der Waals surface area contributed by atoms with Crippen LogP contribution in [0.2, 0.25) is 0 Å². The molecule has 0 radical (unpaired) electrons. The summed E-state index contributed by atoms with van der Waals surface area (Å²) in [5, 5.41) is 0.630. The maximum absolute atomic E-state index is 13.0. The molecule has 0 spiro atoms. The van der Waals surface area contributed by atoms with Crippen LogP contribution in [0.25, 0.3) is 10.9 Å². The summed E-state index contributed by atoms with van der Waals surface area (Å²) < 4.78 is 13.0. The van der Waals surface area contributed by atoms with Crippen molar-refractivity contribution in [3.63, 3.8) is 0 Å². The van der Waals surface area contributed by atoms with Crippen molar-refractivity contribution in [3.05, 3.63) is 35.8 Å². The van der Waals surface area contributed by atoms with Gasteiger partial charge in [-0.2, -0.15) is 0 Å². The molecule has 2 nitrogen and oxygen atoms in total. The second-order valence-electron chi connectivity index (χ2n) is 2.52. The van der Waals surface area contributed by atoms with Gasteiger partial charge in [-0.1, -0.05) is 0 Å². The van der Waals surface area contributed by atoms with E-state index in [1.54, 1.807) is 12.3 Å². The van der Waals surface area contributed by atoms with E-state index in [1.165, 1.54) is 12.1 Å². The molecule has 0 aliphatic heterocycles. The molecule has 1 N–H and O–H groups in total. The van der Waals surface area contributed by atoms with Crippen LogP contribution in [0.3, 0.4) is 0 Å². The molecule has 0 saturated heterocycles. The summed E-state index contributed by atoms with van der Waals surface area (Å²) >= 11 is 0. The Balaban J connectivity index is 2.91. The van der Waals surface area contributed by atoms with Gasteiger partial charge >= 0.3 is 0 Å². The van der Waals surface area contributed by atoms with Crippen LogP contribution in [0.1, 0.15) is 10.4 Å². The van der Waals surface area contributed by atoms with Crippen molar-refractivity contribution >= 4 is 17.2 Å². The lowest BCUT2D eigenvalue weighted by atomic mass is 10.1. The van der Waals surface area contributed by atoms with Crippen molar-refractivity contribution in [2.45, 2.75) is 0 Å². The molecular weight excluding hydrogens is 157 g/mol. The van der Waals surface area contributed by atoms with Crippen LogP contribution in [0.4, 0.5) is 4.39 Å². The van der Waals surface area contributed by atoms with Crippen LogP contribution < -0.4 is 0 Å². The van der Waals surface area contributed by atoms with Crippen molar-refractivity contribution in [1.29, 1.82) is 0 Å². The largest absolute Gasteiger partial charge is 0.359 e. The minimum Gasteiger partial charge on any atom is -0.359 e. The predicted octanol–water partition coefficient (Wildman–Crippen LogP) is 2.12. The molecular formula is C9H6FNO. The number of hydrogen-bond acceptors (Lipinski definition) is 1. The van der Waals surface area contributed by atoms with Gasteiger partial charge in [-0.05, 0) is 18.2 Å². The zero-order valence-electron chi connectivity index (χ0n) is 6.17. The Morgan fingerprint density at radius 3 is 2.92 bits per heavy atom. The number of aromatic nitrogens is 1. The highest BCUT2D eigenvalue weighted by molar-refractivity contribution is 5.96. The predicted molar refractivity (Wildman–Crippen MR) is 43.6 cm³/mol. The second-order valence-corrected chi connectivity index (χ2v) is 2.52. The van der Waals surface area contributed by atoms with Crippen molar-refractivity contribution in [1.82, 2.24) is 4.98 Å². The summed E-state index contributed by atoms with van der Waals surface area (Å²) in [4.78, 5) is 13.2. The van der Waals surface area contributed by atoms with E-state index < -0.39 is 0 Å². The summed E-state index contributed by atoms with van der Waals surface area (Å²) in [6, 6.07) is 4.43. The second kappa shape index (κ2) is 2.44. The van der Waals surface area contributed by atoms with E-state index in [0.717, 1.165) is 6.29 Å². The monoisotopic (exact) mass is 163 g/mol. The van der Waals surface area contributed by atoms with E-state index in [9.17, 15) is 9.18 Å². The first-order valence-electron chi connectivity index (χ1n) is 3.53. The third-order valence-corrected chi connectivity index (χ3v) is 1.83. The van der Waals surface area contributed by atoms with Crippen LogP contribution in [-0.4, -0.2) is 11.3 Å². The SMILES string of the molecule is O=Cc1ccc(F)c2[nH]ccc12. The maximum atomic E-state index is 13.0. The Morgan fingerprint density at radius 2 is 2.17 bits per heavy atom. The highest BCUT2D eigenvalue weighted by Crippen LogP contribution is 2.18. The summed E-state index contributed by atoms with van der Waals surface area (Å²) in [6.07, 6.45) is 2.33. The Bertz CT molecular complexity index is 433. The average Bonchev–Trinajstić information content (AvgIpc) is 2.54. The van der Waals surface area contributed by atoms with Crippen LogP contribution in [-0.2, 0) is 0 Å². The molecule has 0 aliphatic carbocycles. The first-order valence-corrected chi connectivity index (χ1v) is 3.53. The van der Waals surface area contributed by atoms with E-state index in [-0.39, 0.29) is 5.82 Å². The molecule has 0 aliphatic rings. The van der Waals surface area contributed by atoms with E-state index >= 15 is 0 Å². The first-order chi connectivity index (χ1) is 5.83. The van der Waals surface area contributed by atoms with Gasteiger partial charge in [0.1, 0.15) is 5.82 Å². The number of nitrogens with one attached hydrogen (secondary N) is 1. The summed E-state index contributed by atoms with van der Waals surface area (Å²) in [5.41, 5.74) is 0.896.